The minimum absolute atomic E-state index is 0.256. The Hall–Kier alpha value is -1.25. The molecule has 0 atom stereocenters. The minimum atomic E-state index is -3.18. The second-order valence-electron chi connectivity index (χ2n) is 8.18. The van der Waals surface area contributed by atoms with E-state index in [-0.39, 0.29) is 5.54 Å². The van der Waals surface area contributed by atoms with Crippen molar-refractivity contribution in [1.29, 1.82) is 0 Å². The molecule has 162 valence electrons. The van der Waals surface area contributed by atoms with Gasteiger partial charge in [0.05, 0.1) is 4.90 Å². The first-order valence-electron chi connectivity index (χ1n) is 10.4. The van der Waals surface area contributed by atoms with Crippen LogP contribution in [0.4, 0.5) is 0 Å². The lowest BCUT2D eigenvalue weighted by Crippen LogP contribution is -2.57. The van der Waals surface area contributed by atoms with Crippen LogP contribution >= 0.6 is 11.8 Å². The Morgan fingerprint density at radius 1 is 1.21 bits per heavy atom. The highest BCUT2D eigenvalue weighted by Gasteiger charge is 2.39. The molecule has 0 amide bonds. The predicted octanol–water partition coefficient (Wildman–Crippen LogP) is 2.43. The van der Waals surface area contributed by atoms with Gasteiger partial charge in [0.15, 0.2) is 15.8 Å². The van der Waals surface area contributed by atoms with E-state index in [1.807, 2.05) is 19.1 Å². The summed E-state index contributed by atoms with van der Waals surface area (Å²) in [6, 6.07) is 5.49. The predicted molar refractivity (Wildman–Crippen MR) is 123 cm³/mol. The second kappa shape index (κ2) is 9.71. The first-order valence-corrected chi connectivity index (χ1v) is 13.5. The van der Waals surface area contributed by atoms with Crippen LogP contribution in [0, 0.1) is 6.92 Å². The first kappa shape index (κ1) is 22.4. The first-order chi connectivity index (χ1) is 13.8. The Balaban J connectivity index is 1.58. The van der Waals surface area contributed by atoms with Crippen molar-refractivity contribution in [2.45, 2.75) is 49.6 Å². The molecule has 6 nitrogen and oxygen atoms in total. The number of aliphatic imine (C=N–C) groups is 1. The fraction of sp³-hybridized carbons (Fsp3) is 0.667. The molecule has 1 saturated heterocycles. The van der Waals surface area contributed by atoms with Crippen LogP contribution in [0.5, 0.6) is 0 Å². The van der Waals surface area contributed by atoms with E-state index in [1.54, 1.807) is 13.1 Å². The summed E-state index contributed by atoms with van der Waals surface area (Å²) < 4.78 is 23.6. The number of guanidine groups is 1. The van der Waals surface area contributed by atoms with E-state index in [0.29, 0.717) is 11.4 Å². The molecule has 0 radical (unpaired) electrons. The van der Waals surface area contributed by atoms with Crippen molar-refractivity contribution in [1.82, 2.24) is 15.5 Å². The number of thioether (sulfide) groups is 1. The van der Waals surface area contributed by atoms with Crippen LogP contribution in [0.2, 0.25) is 0 Å². The van der Waals surface area contributed by atoms with Gasteiger partial charge in [-0.2, -0.15) is 11.8 Å². The van der Waals surface area contributed by atoms with Gasteiger partial charge in [0, 0.05) is 56.5 Å². The van der Waals surface area contributed by atoms with Crippen molar-refractivity contribution >= 4 is 27.6 Å². The molecule has 1 heterocycles. The summed E-state index contributed by atoms with van der Waals surface area (Å²) >= 11 is 2.06. The number of hydrogen-bond donors (Lipinski definition) is 2. The van der Waals surface area contributed by atoms with Gasteiger partial charge in [-0.1, -0.05) is 25.0 Å². The average Bonchev–Trinajstić information content (AvgIpc) is 3.18. The molecule has 0 bridgehead atoms. The highest BCUT2D eigenvalue weighted by Crippen LogP contribution is 2.36. The Labute approximate surface area is 179 Å². The van der Waals surface area contributed by atoms with Crippen LogP contribution in [-0.2, 0) is 16.4 Å². The largest absolute Gasteiger partial charge is 0.355 e. The number of hydrogen-bond acceptors (Lipinski definition) is 5. The third kappa shape index (κ3) is 5.67. The summed E-state index contributed by atoms with van der Waals surface area (Å²) in [5.74, 6) is 3.27. The van der Waals surface area contributed by atoms with E-state index < -0.39 is 9.84 Å². The van der Waals surface area contributed by atoms with E-state index in [9.17, 15) is 8.42 Å². The highest BCUT2D eigenvalue weighted by molar-refractivity contribution is 7.99. The molecule has 1 saturated carbocycles. The zero-order valence-electron chi connectivity index (χ0n) is 17.8. The third-order valence-electron chi connectivity index (χ3n) is 6.12. The summed E-state index contributed by atoms with van der Waals surface area (Å²) in [6.07, 6.45) is 6.38. The molecular formula is C21H34N4O2S2. The molecule has 2 fully saturated rings. The molecule has 0 spiro atoms. The van der Waals surface area contributed by atoms with Crippen molar-refractivity contribution in [2.75, 3.05) is 44.4 Å². The van der Waals surface area contributed by atoms with E-state index in [4.69, 9.17) is 0 Å². The summed E-state index contributed by atoms with van der Waals surface area (Å²) in [6.45, 7) is 5.74. The Morgan fingerprint density at radius 2 is 1.90 bits per heavy atom. The number of nitrogens with one attached hydrogen (secondary N) is 2. The monoisotopic (exact) mass is 438 g/mol. The van der Waals surface area contributed by atoms with E-state index in [0.717, 1.165) is 23.6 Å². The van der Waals surface area contributed by atoms with Crippen LogP contribution < -0.4 is 10.6 Å². The van der Waals surface area contributed by atoms with E-state index >= 15 is 0 Å². The minimum Gasteiger partial charge on any atom is -0.355 e. The number of sulfone groups is 1. The van der Waals surface area contributed by atoms with Gasteiger partial charge in [-0.25, -0.2) is 8.42 Å². The molecule has 2 N–H and O–H groups in total. The van der Waals surface area contributed by atoms with Crippen LogP contribution in [0.3, 0.4) is 0 Å². The summed E-state index contributed by atoms with van der Waals surface area (Å²) in [7, 11) is -1.39. The number of nitrogens with zero attached hydrogens (tertiary/aromatic N) is 2. The van der Waals surface area contributed by atoms with E-state index in [1.165, 1.54) is 56.5 Å². The number of benzene rings is 1. The van der Waals surface area contributed by atoms with Gasteiger partial charge in [0.1, 0.15) is 0 Å². The van der Waals surface area contributed by atoms with Crippen molar-refractivity contribution in [3.8, 4) is 0 Å². The zero-order chi connectivity index (χ0) is 20.9. The lowest BCUT2D eigenvalue weighted by atomic mass is 9.94. The number of rotatable bonds is 6. The molecule has 2 aliphatic rings. The topological polar surface area (TPSA) is 73.8 Å². The Morgan fingerprint density at radius 3 is 2.48 bits per heavy atom. The maximum Gasteiger partial charge on any atom is 0.191 e. The molecule has 0 unspecified atom stereocenters. The van der Waals surface area contributed by atoms with Crippen LogP contribution in [0.25, 0.3) is 0 Å². The molecule has 1 aliphatic carbocycles. The van der Waals surface area contributed by atoms with Gasteiger partial charge in [0.25, 0.3) is 0 Å². The lowest BCUT2D eigenvalue weighted by Gasteiger charge is -2.43. The zero-order valence-corrected chi connectivity index (χ0v) is 19.5. The lowest BCUT2D eigenvalue weighted by molar-refractivity contribution is 0.107. The quantitative estimate of drug-likeness (QED) is 0.525. The molecule has 0 aromatic heterocycles. The molecule has 29 heavy (non-hydrogen) atoms. The summed E-state index contributed by atoms with van der Waals surface area (Å²) in [4.78, 5) is 7.49. The van der Waals surface area contributed by atoms with Gasteiger partial charge in [-0.3, -0.25) is 9.89 Å². The standard InChI is InChI=1S/C21H34N4O2S2/c1-17-14-18(6-7-19(17)29(3,26)27)15-23-20(22-2)24-16-21(8-4-5-9-21)25-10-12-28-13-11-25/h6-7,14H,4-5,8-13,15-16H2,1-3H3,(H2,22,23,24). The Kier molecular flexibility index (Phi) is 7.51. The molecule has 8 heteroatoms. The van der Waals surface area contributed by atoms with Crippen molar-refractivity contribution in [2.24, 2.45) is 4.99 Å². The van der Waals surface area contributed by atoms with Crippen LogP contribution in [0.15, 0.2) is 28.1 Å². The SMILES string of the molecule is CN=C(NCc1ccc(S(C)(=O)=O)c(C)c1)NCC1(N2CCSCC2)CCCC1. The van der Waals surface area contributed by atoms with Crippen LogP contribution in [-0.4, -0.2) is 69.3 Å². The normalized spacial score (nSPS) is 20.6. The second-order valence-corrected chi connectivity index (χ2v) is 11.4. The van der Waals surface area contributed by atoms with Gasteiger partial charge < -0.3 is 10.6 Å². The maximum absolute atomic E-state index is 11.8. The molecular weight excluding hydrogens is 404 g/mol. The molecule has 3 rings (SSSR count). The highest BCUT2D eigenvalue weighted by atomic mass is 32.2. The smallest absolute Gasteiger partial charge is 0.191 e. The van der Waals surface area contributed by atoms with Gasteiger partial charge in [-0.15, -0.1) is 0 Å². The van der Waals surface area contributed by atoms with Crippen molar-refractivity contribution in [3.63, 3.8) is 0 Å². The molecule has 1 aromatic rings. The van der Waals surface area contributed by atoms with Crippen molar-refractivity contribution in [3.05, 3.63) is 29.3 Å². The summed E-state index contributed by atoms with van der Waals surface area (Å²) in [5.41, 5.74) is 2.08. The fourth-order valence-corrected chi connectivity index (χ4v) is 6.43. The fourth-order valence-electron chi connectivity index (χ4n) is 4.57. The molecule has 1 aliphatic heterocycles. The molecule has 1 aromatic carbocycles. The van der Waals surface area contributed by atoms with Crippen LogP contribution in [0.1, 0.15) is 36.8 Å². The summed E-state index contributed by atoms with van der Waals surface area (Å²) in [5, 5.41) is 6.95. The Bertz CT molecular complexity index is 827. The van der Waals surface area contributed by atoms with E-state index in [2.05, 4.69) is 32.3 Å². The van der Waals surface area contributed by atoms with Gasteiger partial charge in [0.2, 0.25) is 0 Å². The average molecular weight is 439 g/mol. The maximum atomic E-state index is 11.8. The van der Waals surface area contributed by atoms with Gasteiger partial charge in [-0.05, 0) is 37.0 Å². The van der Waals surface area contributed by atoms with Gasteiger partial charge >= 0.3 is 0 Å². The van der Waals surface area contributed by atoms with Crippen molar-refractivity contribution < 1.29 is 8.42 Å². The number of aryl methyl sites for hydroxylation is 1. The third-order valence-corrected chi connectivity index (χ3v) is 8.32.